The minimum absolute atomic E-state index is 0.0731. The highest BCUT2D eigenvalue weighted by Crippen LogP contribution is 2.18. The summed E-state index contributed by atoms with van der Waals surface area (Å²) < 4.78 is 5.33. The van der Waals surface area contributed by atoms with Crippen molar-refractivity contribution in [2.75, 3.05) is 25.5 Å². The van der Waals surface area contributed by atoms with Gasteiger partial charge in [0.2, 0.25) is 11.8 Å². The molecule has 0 saturated carbocycles. The smallest absolute Gasteiger partial charge is 0.226 e. The second-order valence-electron chi connectivity index (χ2n) is 6.06. The first-order chi connectivity index (χ1) is 13.0. The van der Waals surface area contributed by atoms with E-state index in [-0.39, 0.29) is 18.2 Å². The van der Waals surface area contributed by atoms with E-state index in [4.69, 9.17) is 10.00 Å². The fourth-order valence-electron chi connectivity index (χ4n) is 2.68. The van der Waals surface area contributed by atoms with Crippen LogP contribution in [0, 0.1) is 11.3 Å². The molecule has 2 aromatic carbocycles. The van der Waals surface area contributed by atoms with Crippen LogP contribution in [-0.2, 0) is 16.0 Å². The Hall–Kier alpha value is -3.33. The number of rotatable bonds is 8. The number of carbonyl (C=O) groups excluding carboxylic acids is 2. The summed E-state index contributed by atoms with van der Waals surface area (Å²) in [6.45, 7) is 2.35. The van der Waals surface area contributed by atoms with E-state index in [1.54, 1.807) is 36.3 Å². The van der Waals surface area contributed by atoms with Gasteiger partial charge in [-0.3, -0.25) is 9.59 Å². The quantitative estimate of drug-likeness (QED) is 0.780. The van der Waals surface area contributed by atoms with Crippen LogP contribution in [0.2, 0.25) is 0 Å². The highest BCUT2D eigenvalue weighted by molar-refractivity contribution is 5.91. The van der Waals surface area contributed by atoms with Gasteiger partial charge in [-0.2, -0.15) is 5.26 Å². The van der Waals surface area contributed by atoms with E-state index < -0.39 is 0 Å². The summed E-state index contributed by atoms with van der Waals surface area (Å²) in [4.78, 5) is 25.7. The Morgan fingerprint density at radius 3 is 2.44 bits per heavy atom. The lowest BCUT2D eigenvalue weighted by atomic mass is 10.1. The van der Waals surface area contributed by atoms with Crippen LogP contribution in [0.1, 0.15) is 24.5 Å². The number of hydrogen-bond acceptors (Lipinski definition) is 4. The number of carbonyl (C=O) groups is 2. The zero-order valence-electron chi connectivity index (χ0n) is 15.6. The number of nitriles is 1. The first-order valence-electron chi connectivity index (χ1n) is 8.71. The Kier molecular flexibility index (Phi) is 7.38. The number of para-hydroxylation sites is 1. The Morgan fingerprint density at radius 2 is 1.81 bits per heavy atom. The average molecular weight is 365 g/mol. The maximum absolute atomic E-state index is 12.1. The van der Waals surface area contributed by atoms with Gasteiger partial charge in [0.15, 0.2) is 0 Å². The summed E-state index contributed by atoms with van der Waals surface area (Å²) >= 11 is 0. The molecule has 0 saturated heterocycles. The highest BCUT2D eigenvalue weighted by Gasteiger charge is 2.13. The molecule has 6 heteroatoms. The minimum atomic E-state index is -0.178. The fraction of sp³-hybridized carbons (Fsp3) is 0.286. The molecule has 2 aromatic rings. The van der Waals surface area contributed by atoms with Crippen LogP contribution in [0.25, 0.3) is 0 Å². The fourth-order valence-corrected chi connectivity index (χ4v) is 2.68. The lowest BCUT2D eigenvalue weighted by Crippen LogP contribution is -2.33. The number of methoxy groups -OCH3 is 1. The van der Waals surface area contributed by atoms with Gasteiger partial charge < -0.3 is 15.0 Å². The largest absolute Gasteiger partial charge is 0.496 e. The van der Waals surface area contributed by atoms with Gasteiger partial charge in [-0.15, -0.1) is 0 Å². The third-order valence-electron chi connectivity index (χ3n) is 4.20. The summed E-state index contributed by atoms with van der Waals surface area (Å²) in [5.74, 6) is 0.541. The molecular weight excluding hydrogens is 342 g/mol. The molecule has 0 aromatic heterocycles. The van der Waals surface area contributed by atoms with Crippen LogP contribution in [0.3, 0.4) is 0 Å². The Labute approximate surface area is 159 Å². The SMILES string of the molecule is COc1ccccc1CCN(CCC(=O)Nc1ccc(C#N)cc1)C(C)=O. The van der Waals surface area contributed by atoms with E-state index in [2.05, 4.69) is 5.32 Å². The van der Waals surface area contributed by atoms with Gasteiger partial charge in [0.25, 0.3) is 0 Å². The molecular formula is C21H23N3O3. The first kappa shape index (κ1) is 20.0. The standard InChI is InChI=1S/C21H23N3O3/c1-16(25)24(13-11-18-5-3-4-6-20(18)27-2)14-12-21(26)23-19-9-7-17(15-22)8-10-19/h3-10H,11-14H2,1-2H3,(H,23,26). The molecule has 0 heterocycles. The molecule has 140 valence electrons. The number of ether oxygens (including phenoxy) is 1. The van der Waals surface area contributed by atoms with Crippen LogP contribution >= 0.6 is 0 Å². The lowest BCUT2D eigenvalue weighted by molar-refractivity contribution is -0.129. The van der Waals surface area contributed by atoms with Crippen molar-refractivity contribution in [3.05, 3.63) is 59.7 Å². The molecule has 0 bridgehead atoms. The Bertz CT molecular complexity index is 825. The van der Waals surface area contributed by atoms with E-state index in [0.717, 1.165) is 11.3 Å². The number of nitrogens with one attached hydrogen (secondary N) is 1. The predicted octanol–water partition coefficient (Wildman–Crippen LogP) is 2.99. The van der Waals surface area contributed by atoms with Crippen LogP contribution in [0.4, 0.5) is 5.69 Å². The topological polar surface area (TPSA) is 82.4 Å². The van der Waals surface area contributed by atoms with E-state index in [9.17, 15) is 9.59 Å². The predicted molar refractivity (Wildman–Crippen MR) is 103 cm³/mol. The molecule has 2 rings (SSSR count). The monoisotopic (exact) mass is 365 g/mol. The maximum Gasteiger partial charge on any atom is 0.226 e. The average Bonchev–Trinajstić information content (AvgIpc) is 2.68. The van der Waals surface area contributed by atoms with Crippen molar-refractivity contribution in [3.63, 3.8) is 0 Å². The second kappa shape index (κ2) is 9.97. The van der Waals surface area contributed by atoms with Crippen LogP contribution in [-0.4, -0.2) is 36.9 Å². The molecule has 0 aliphatic rings. The van der Waals surface area contributed by atoms with E-state index in [1.165, 1.54) is 6.92 Å². The number of benzene rings is 2. The number of hydrogen-bond donors (Lipinski definition) is 1. The minimum Gasteiger partial charge on any atom is -0.496 e. The first-order valence-corrected chi connectivity index (χ1v) is 8.71. The van der Waals surface area contributed by atoms with Crippen LogP contribution < -0.4 is 10.1 Å². The number of amides is 2. The molecule has 0 aliphatic carbocycles. The molecule has 0 spiro atoms. The third-order valence-corrected chi connectivity index (χ3v) is 4.20. The molecule has 0 fully saturated rings. The molecule has 6 nitrogen and oxygen atoms in total. The van der Waals surface area contributed by atoms with Gasteiger partial charge in [0.1, 0.15) is 5.75 Å². The van der Waals surface area contributed by atoms with E-state index >= 15 is 0 Å². The number of nitrogens with zero attached hydrogens (tertiary/aromatic N) is 2. The summed E-state index contributed by atoms with van der Waals surface area (Å²) in [5, 5.41) is 11.6. The molecule has 0 atom stereocenters. The highest BCUT2D eigenvalue weighted by atomic mass is 16.5. The number of anilines is 1. The second-order valence-corrected chi connectivity index (χ2v) is 6.06. The maximum atomic E-state index is 12.1. The molecule has 0 radical (unpaired) electrons. The van der Waals surface area contributed by atoms with Gasteiger partial charge in [-0.05, 0) is 42.3 Å². The van der Waals surface area contributed by atoms with Crippen molar-refractivity contribution in [3.8, 4) is 11.8 Å². The molecule has 0 aliphatic heterocycles. The Morgan fingerprint density at radius 1 is 1.11 bits per heavy atom. The summed E-state index contributed by atoms with van der Waals surface area (Å²) in [7, 11) is 1.62. The van der Waals surface area contributed by atoms with Crippen molar-refractivity contribution in [1.82, 2.24) is 4.90 Å². The normalized spacial score (nSPS) is 9.96. The molecule has 1 N–H and O–H groups in total. The summed E-state index contributed by atoms with van der Waals surface area (Å²) in [5.41, 5.74) is 2.18. The van der Waals surface area contributed by atoms with Gasteiger partial charge in [0, 0.05) is 32.1 Å². The van der Waals surface area contributed by atoms with Gasteiger partial charge in [-0.25, -0.2) is 0 Å². The van der Waals surface area contributed by atoms with Gasteiger partial charge >= 0.3 is 0 Å². The lowest BCUT2D eigenvalue weighted by Gasteiger charge is -2.21. The van der Waals surface area contributed by atoms with E-state index in [0.29, 0.717) is 30.8 Å². The van der Waals surface area contributed by atoms with Crippen molar-refractivity contribution < 1.29 is 14.3 Å². The van der Waals surface area contributed by atoms with Crippen molar-refractivity contribution in [2.45, 2.75) is 19.8 Å². The molecule has 2 amide bonds. The van der Waals surface area contributed by atoms with Crippen molar-refractivity contribution in [2.24, 2.45) is 0 Å². The third kappa shape index (κ3) is 6.15. The van der Waals surface area contributed by atoms with Crippen LogP contribution in [0.5, 0.6) is 5.75 Å². The van der Waals surface area contributed by atoms with E-state index in [1.807, 2.05) is 30.3 Å². The Balaban J connectivity index is 1.87. The van der Waals surface area contributed by atoms with Crippen LogP contribution in [0.15, 0.2) is 48.5 Å². The van der Waals surface area contributed by atoms with Crippen molar-refractivity contribution >= 4 is 17.5 Å². The zero-order chi connectivity index (χ0) is 19.6. The zero-order valence-corrected chi connectivity index (χ0v) is 15.6. The van der Waals surface area contributed by atoms with Gasteiger partial charge in [-0.1, -0.05) is 18.2 Å². The van der Waals surface area contributed by atoms with Gasteiger partial charge in [0.05, 0.1) is 18.7 Å². The molecule has 27 heavy (non-hydrogen) atoms. The summed E-state index contributed by atoms with van der Waals surface area (Å²) in [6.07, 6.45) is 0.854. The van der Waals surface area contributed by atoms with Crippen molar-refractivity contribution in [1.29, 1.82) is 5.26 Å². The molecule has 0 unspecified atom stereocenters. The summed E-state index contributed by atoms with van der Waals surface area (Å²) in [6, 6.07) is 16.4.